The van der Waals surface area contributed by atoms with E-state index in [-0.39, 0.29) is 11.2 Å². The van der Waals surface area contributed by atoms with E-state index >= 15 is 0 Å². The summed E-state index contributed by atoms with van der Waals surface area (Å²) in [6.07, 6.45) is -1.26. The number of phosphoric acid groups is 3. The number of nitrogens with one attached hydrogen (secondary N) is 1. The molecule has 1 saturated heterocycles. The Morgan fingerprint density at radius 2 is 1.90 bits per heavy atom. The van der Waals surface area contributed by atoms with Crippen molar-refractivity contribution in [1.29, 1.82) is 0 Å². The van der Waals surface area contributed by atoms with Crippen molar-refractivity contribution in [2.45, 2.75) is 31.3 Å². The van der Waals surface area contributed by atoms with Gasteiger partial charge in [-0.3, -0.25) is 9.09 Å². The third kappa shape index (κ3) is 7.47. The summed E-state index contributed by atoms with van der Waals surface area (Å²) in [4.78, 5) is 38.1. The minimum atomic E-state index is -5.64. The number of aromatic nitrogens is 2. The number of nitrogens with zero attached hydrogens (tertiary/aromatic N) is 1. The lowest BCUT2D eigenvalue weighted by Crippen LogP contribution is -2.28. The first kappa shape index (κ1) is 25.1. The summed E-state index contributed by atoms with van der Waals surface area (Å²) in [7, 11) is -16.5. The largest absolute Gasteiger partial charge is 0.490 e. The highest BCUT2D eigenvalue weighted by atomic mass is 32.1. The number of hydrogen-bond acceptors (Lipinski definition) is 9. The average molecular weight is 516 g/mol. The first-order valence-electron chi connectivity index (χ1n) is 7.44. The van der Waals surface area contributed by atoms with Crippen molar-refractivity contribution in [3.63, 3.8) is 0 Å². The van der Waals surface area contributed by atoms with Crippen molar-refractivity contribution in [1.82, 2.24) is 9.55 Å². The first-order chi connectivity index (χ1) is 13.0. The number of alkyl halides is 1. The second-order valence-electron chi connectivity index (χ2n) is 6.00. The smallest absolute Gasteiger partial charge is 0.349 e. The summed E-state index contributed by atoms with van der Waals surface area (Å²) in [5.41, 5.74) is -1.99. The van der Waals surface area contributed by atoms with E-state index in [0.29, 0.717) is 4.64 Å². The number of hydrogen-bond donors (Lipinski definition) is 5. The number of rotatable bonds is 8. The van der Waals surface area contributed by atoms with Crippen LogP contribution < -0.4 is 0 Å². The standard InChI is InChI=1S/C10H16FN2O11P3S2/c1-10(11)4-6(22-8(10)13-3-2-7(28)12-9(13)29)5-21-26(17,18)24-27(19,20)23-25(14,15)16/h2-3,6,8H,4-5H2,1H3,(H,17,18)(H,19,20)(H,12,28,29)(H2,14,15,16)/t6-,8+,10+/m0/s1. The van der Waals surface area contributed by atoms with E-state index < -0.39 is 48.1 Å². The molecule has 19 heteroatoms. The fourth-order valence-corrected chi connectivity index (χ4v) is 6.00. The zero-order valence-corrected chi connectivity index (χ0v) is 18.7. The highest BCUT2D eigenvalue weighted by Gasteiger charge is 2.48. The van der Waals surface area contributed by atoms with Gasteiger partial charge in [-0.2, -0.15) is 8.62 Å². The van der Waals surface area contributed by atoms with Crippen LogP contribution in [0.3, 0.4) is 0 Å². The van der Waals surface area contributed by atoms with E-state index in [9.17, 15) is 23.0 Å². The molecular weight excluding hydrogens is 500 g/mol. The molecule has 0 aliphatic carbocycles. The second-order valence-corrected chi connectivity index (χ2v) is 11.2. The molecule has 2 rings (SSSR count). The van der Waals surface area contributed by atoms with E-state index in [0.717, 1.165) is 0 Å². The van der Waals surface area contributed by atoms with Crippen molar-refractivity contribution in [3.05, 3.63) is 21.7 Å². The van der Waals surface area contributed by atoms with Crippen molar-refractivity contribution in [2.24, 2.45) is 0 Å². The van der Waals surface area contributed by atoms with Crippen molar-refractivity contribution in [2.75, 3.05) is 6.61 Å². The lowest BCUT2D eigenvalue weighted by molar-refractivity contribution is -0.0594. The topological polar surface area (TPSA) is 190 Å². The number of phosphoric ester groups is 1. The van der Waals surface area contributed by atoms with Crippen LogP contribution in [0.1, 0.15) is 19.6 Å². The molecule has 13 nitrogen and oxygen atoms in total. The molecule has 0 spiro atoms. The molecule has 1 aromatic rings. The van der Waals surface area contributed by atoms with Gasteiger partial charge in [0.15, 0.2) is 16.7 Å². The normalized spacial score (nSPS) is 29.3. The number of H-pyrrole nitrogens is 1. The SMILES string of the molecule is C[C@@]1(F)C[C@@H](COP(=O)(O)OP(=O)(O)OP(=O)(O)O)O[C@H]1n1ccc(=S)[nH]c1=S. The maximum absolute atomic E-state index is 14.9. The average Bonchev–Trinajstić information content (AvgIpc) is 2.76. The van der Waals surface area contributed by atoms with Crippen LogP contribution in [-0.2, 0) is 31.6 Å². The summed E-state index contributed by atoms with van der Waals surface area (Å²) in [6.45, 7) is 0.432. The fraction of sp³-hybridized carbons (Fsp3) is 0.600. The van der Waals surface area contributed by atoms with E-state index in [1.54, 1.807) is 0 Å². The molecule has 0 amide bonds. The quantitative estimate of drug-likeness (QED) is 0.251. The Morgan fingerprint density at radius 1 is 1.28 bits per heavy atom. The van der Waals surface area contributed by atoms with Gasteiger partial charge < -0.3 is 29.3 Å². The molecule has 1 aromatic heterocycles. The molecule has 0 bridgehead atoms. The Kier molecular flexibility index (Phi) is 7.57. The zero-order chi connectivity index (χ0) is 22.3. The number of ether oxygens (including phenoxy) is 1. The highest BCUT2D eigenvalue weighted by molar-refractivity contribution is 7.72. The van der Waals surface area contributed by atoms with Gasteiger partial charge in [-0.1, -0.05) is 12.2 Å². The van der Waals surface area contributed by atoms with Crippen molar-refractivity contribution < 1.29 is 55.5 Å². The van der Waals surface area contributed by atoms with Gasteiger partial charge >= 0.3 is 23.5 Å². The summed E-state index contributed by atoms with van der Waals surface area (Å²) in [5, 5.41) is 0. The third-order valence-corrected chi connectivity index (χ3v) is 7.76. The molecule has 2 unspecified atom stereocenters. The van der Waals surface area contributed by atoms with Crippen LogP contribution in [0.5, 0.6) is 0 Å². The van der Waals surface area contributed by atoms with E-state index in [1.165, 1.54) is 23.8 Å². The summed E-state index contributed by atoms with van der Waals surface area (Å²) in [5.74, 6) is 0. The molecule has 166 valence electrons. The van der Waals surface area contributed by atoms with Crippen LogP contribution >= 0.6 is 47.9 Å². The maximum Gasteiger partial charge on any atom is 0.490 e. The van der Waals surface area contributed by atoms with Crippen LogP contribution in [0.25, 0.3) is 0 Å². The molecule has 1 fully saturated rings. The molecule has 5 atom stereocenters. The maximum atomic E-state index is 14.9. The molecule has 29 heavy (non-hydrogen) atoms. The molecule has 0 saturated carbocycles. The molecule has 5 N–H and O–H groups in total. The Balaban J connectivity index is 2.05. The monoisotopic (exact) mass is 516 g/mol. The Morgan fingerprint density at radius 3 is 2.45 bits per heavy atom. The number of halogens is 1. The Hall–Kier alpha value is -0.180. The van der Waals surface area contributed by atoms with E-state index in [2.05, 4.69) is 18.1 Å². The minimum Gasteiger partial charge on any atom is -0.349 e. The predicted molar refractivity (Wildman–Crippen MR) is 98.3 cm³/mol. The van der Waals surface area contributed by atoms with Crippen LogP contribution in [-0.4, -0.2) is 47.5 Å². The van der Waals surface area contributed by atoms with Crippen LogP contribution in [0.15, 0.2) is 12.3 Å². The summed E-state index contributed by atoms with van der Waals surface area (Å²) in [6, 6.07) is 1.45. The molecular formula is C10H16FN2O11P3S2. The van der Waals surface area contributed by atoms with Gasteiger partial charge in [-0.05, 0) is 25.2 Å². The van der Waals surface area contributed by atoms with Gasteiger partial charge in [0, 0.05) is 12.6 Å². The second kappa shape index (κ2) is 8.75. The van der Waals surface area contributed by atoms with Gasteiger partial charge in [0.2, 0.25) is 0 Å². The van der Waals surface area contributed by atoms with Crippen LogP contribution in [0.2, 0.25) is 0 Å². The van der Waals surface area contributed by atoms with Crippen LogP contribution in [0, 0.1) is 9.41 Å². The zero-order valence-electron chi connectivity index (χ0n) is 14.4. The Bertz CT molecular complexity index is 1020. The number of aromatic amines is 1. The Labute approximate surface area is 172 Å². The van der Waals surface area contributed by atoms with E-state index in [4.69, 9.17) is 43.9 Å². The highest BCUT2D eigenvalue weighted by Crippen LogP contribution is 2.66. The lowest BCUT2D eigenvalue weighted by atomic mass is 10.0. The first-order valence-corrected chi connectivity index (χ1v) is 12.8. The third-order valence-electron chi connectivity index (χ3n) is 3.41. The molecule has 0 aromatic carbocycles. The fourth-order valence-electron chi connectivity index (χ4n) is 2.46. The van der Waals surface area contributed by atoms with E-state index in [1.807, 2.05) is 0 Å². The molecule has 1 aliphatic rings. The van der Waals surface area contributed by atoms with Gasteiger partial charge in [0.25, 0.3) is 0 Å². The van der Waals surface area contributed by atoms with Crippen molar-refractivity contribution in [3.8, 4) is 0 Å². The lowest BCUT2D eigenvalue weighted by Gasteiger charge is -2.23. The minimum absolute atomic E-state index is 0.0694. The molecule has 2 heterocycles. The summed E-state index contributed by atoms with van der Waals surface area (Å²) < 4.78 is 67.2. The van der Waals surface area contributed by atoms with Crippen molar-refractivity contribution >= 4 is 47.9 Å². The molecule has 0 radical (unpaired) electrons. The van der Waals surface area contributed by atoms with Gasteiger partial charge in [-0.15, -0.1) is 0 Å². The molecule has 1 aliphatic heterocycles. The van der Waals surface area contributed by atoms with Crippen LogP contribution in [0.4, 0.5) is 4.39 Å². The van der Waals surface area contributed by atoms with Gasteiger partial charge in [-0.25, -0.2) is 18.1 Å². The summed E-state index contributed by atoms with van der Waals surface area (Å²) >= 11 is 9.97. The van der Waals surface area contributed by atoms with Gasteiger partial charge in [0.1, 0.15) is 4.64 Å². The van der Waals surface area contributed by atoms with Gasteiger partial charge in [0.05, 0.1) is 12.7 Å². The predicted octanol–water partition coefficient (Wildman–Crippen LogP) is 2.63.